The topological polar surface area (TPSA) is 40.1 Å². The molecule has 0 bridgehead atoms. The van der Waals surface area contributed by atoms with Crippen LogP contribution in [0.15, 0.2) is 35.8 Å². The van der Waals surface area contributed by atoms with Gasteiger partial charge in [0.2, 0.25) is 0 Å². The average Bonchev–Trinajstić information content (AvgIpc) is 2.68. The third-order valence-electron chi connectivity index (χ3n) is 4.69. The number of hydrogen-bond acceptors (Lipinski definition) is 3. The molecule has 0 aliphatic carbocycles. The summed E-state index contributed by atoms with van der Waals surface area (Å²) in [6.07, 6.45) is -0.792. The molecule has 1 aromatic carbocycles. The maximum absolute atomic E-state index is 13.6. The molecule has 1 saturated heterocycles. The molecule has 0 aromatic heterocycles. The fourth-order valence-corrected chi connectivity index (χ4v) is 3.14. The van der Waals surface area contributed by atoms with Crippen molar-refractivity contribution in [2.24, 2.45) is 4.99 Å². The third kappa shape index (κ3) is 7.69. The highest BCUT2D eigenvalue weighted by Gasteiger charge is 2.34. The summed E-state index contributed by atoms with van der Waals surface area (Å²) >= 11 is 0. The molecule has 1 aromatic rings. The van der Waals surface area contributed by atoms with Gasteiger partial charge in [-0.25, -0.2) is 0 Å². The summed E-state index contributed by atoms with van der Waals surface area (Å²) in [5.74, 6) is 0.564. The van der Waals surface area contributed by atoms with Crippen LogP contribution in [-0.4, -0.2) is 57.8 Å². The van der Waals surface area contributed by atoms with Crippen molar-refractivity contribution in [1.29, 1.82) is 0 Å². The van der Waals surface area contributed by atoms with Gasteiger partial charge in [-0.15, -0.1) is 30.6 Å². The minimum atomic E-state index is -4.42. The van der Waals surface area contributed by atoms with Crippen LogP contribution in [0.5, 0.6) is 0 Å². The molecular weight excluding hydrogens is 496 g/mol. The number of allylic oxidation sites excluding steroid dienone is 1. The minimum Gasteiger partial charge on any atom is -0.378 e. The van der Waals surface area contributed by atoms with Crippen LogP contribution in [0.1, 0.15) is 24.0 Å². The van der Waals surface area contributed by atoms with Crippen molar-refractivity contribution in [3.8, 4) is 0 Å². The van der Waals surface area contributed by atoms with Crippen molar-refractivity contribution >= 4 is 35.6 Å². The summed E-state index contributed by atoms with van der Waals surface area (Å²) in [6.45, 7) is 6.73. The van der Waals surface area contributed by atoms with E-state index >= 15 is 0 Å². The summed E-state index contributed by atoms with van der Waals surface area (Å²) in [7, 11) is 3.49. The molecule has 1 heterocycles. The number of halogens is 4. The molecule has 1 fully saturated rings. The Hall–Kier alpha value is -1.49. The molecule has 164 valence electrons. The molecule has 9 heteroatoms. The monoisotopic (exact) mass is 526 g/mol. The van der Waals surface area contributed by atoms with Crippen LogP contribution in [-0.2, 0) is 17.5 Å². The Bertz CT molecular complexity index is 676. The van der Waals surface area contributed by atoms with Crippen LogP contribution in [0.3, 0.4) is 0 Å². The summed E-state index contributed by atoms with van der Waals surface area (Å²) in [6, 6.07) is 4.53. The highest BCUT2D eigenvalue weighted by Crippen LogP contribution is 2.35. The zero-order valence-electron chi connectivity index (χ0n) is 17.0. The SMILES string of the molecule is C=CCCCN(C)C(=NC)NCc1ccc(N2CCOCC2)cc1C(F)(F)F.I. The predicted molar refractivity (Wildman–Crippen MR) is 122 cm³/mol. The standard InChI is InChI=1S/C20H29F3N4O.HI/c1-4-5-6-9-26(3)19(24-2)25-15-16-7-8-17(14-18(16)20(21,22)23)27-10-12-28-13-11-27;/h4,7-8,14H,1,5-6,9-13,15H2,2-3H3,(H,24,25);1H. The van der Waals surface area contributed by atoms with E-state index in [0.717, 1.165) is 19.4 Å². The summed E-state index contributed by atoms with van der Waals surface area (Å²) in [4.78, 5) is 7.99. The molecule has 0 atom stereocenters. The van der Waals surface area contributed by atoms with Gasteiger partial charge >= 0.3 is 6.18 Å². The Kier molecular flexibility index (Phi) is 10.8. The van der Waals surface area contributed by atoms with Gasteiger partial charge in [-0.3, -0.25) is 4.99 Å². The van der Waals surface area contributed by atoms with Crippen LogP contribution < -0.4 is 10.2 Å². The maximum Gasteiger partial charge on any atom is 0.416 e. The molecule has 1 N–H and O–H groups in total. The zero-order chi connectivity index (χ0) is 20.6. The predicted octanol–water partition coefficient (Wildman–Crippen LogP) is 4.13. The van der Waals surface area contributed by atoms with Gasteiger partial charge in [0, 0.05) is 46.0 Å². The van der Waals surface area contributed by atoms with Crippen LogP contribution >= 0.6 is 24.0 Å². The van der Waals surface area contributed by atoms with Crippen molar-refractivity contribution in [2.75, 3.05) is 51.8 Å². The third-order valence-corrected chi connectivity index (χ3v) is 4.69. The smallest absolute Gasteiger partial charge is 0.378 e. The van der Waals surface area contributed by atoms with E-state index in [9.17, 15) is 13.2 Å². The number of unbranched alkanes of at least 4 members (excludes halogenated alkanes) is 1. The molecular formula is C20H30F3IN4O. The Balaban J connectivity index is 0.00000420. The number of nitrogens with one attached hydrogen (secondary N) is 1. The van der Waals surface area contributed by atoms with Gasteiger partial charge in [0.25, 0.3) is 0 Å². The molecule has 1 aliphatic rings. The first kappa shape index (κ1) is 25.5. The summed E-state index contributed by atoms with van der Waals surface area (Å²) in [5.41, 5.74) is 0.157. The largest absolute Gasteiger partial charge is 0.416 e. The highest BCUT2D eigenvalue weighted by atomic mass is 127. The van der Waals surface area contributed by atoms with Gasteiger partial charge in [-0.05, 0) is 30.5 Å². The molecule has 29 heavy (non-hydrogen) atoms. The lowest BCUT2D eigenvalue weighted by Crippen LogP contribution is -2.39. The molecule has 0 radical (unpaired) electrons. The molecule has 5 nitrogen and oxygen atoms in total. The first-order chi connectivity index (χ1) is 13.4. The van der Waals surface area contributed by atoms with E-state index in [0.29, 0.717) is 38.0 Å². The maximum atomic E-state index is 13.6. The van der Waals surface area contributed by atoms with E-state index in [1.165, 1.54) is 6.07 Å². The fraction of sp³-hybridized carbons (Fsp3) is 0.550. The molecule has 0 spiro atoms. The van der Waals surface area contributed by atoms with E-state index in [-0.39, 0.29) is 36.1 Å². The quantitative estimate of drug-likeness (QED) is 0.191. The minimum absolute atomic E-state index is 0. The van der Waals surface area contributed by atoms with E-state index in [2.05, 4.69) is 16.9 Å². The molecule has 1 aliphatic heterocycles. The number of benzene rings is 1. The van der Waals surface area contributed by atoms with Gasteiger partial charge in [0.15, 0.2) is 5.96 Å². The molecule has 0 unspecified atom stereocenters. The first-order valence-electron chi connectivity index (χ1n) is 9.42. The zero-order valence-corrected chi connectivity index (χ0v) is 19.3. The lowest BCUT2D eigenvalue weighted by Gasteiger charge is -2.30. The van der Waals surface area contributed by atoms with Crippen LogP contribution in [0.2, 0.25) is 0 Å². The second-order valence-electron chi connectivity index (χ2n) is 6.69. The van der Waals surface area contributed by atoms with E-state index in [1.807, 2.05) is 22.9 Å². The molecule has 2 rings (SSSR count). The number of ether oxygens (including phenoxy) is 1. The van der Waals surface area contributed by atoms with Crippen molar-refractivity contribution < 1.29 is 17.9 Å². The number of morpholine rings is 1. The Morgan fingerprint density at radius 3 is 2.62 bits per heavy atom. The van der Waals surface area contributed by atoms with Gasteiger partial charge in [0.1, 0.15) is 0 Å². The van der Waals surface area contributed by atoms with Crippen molar-refractivity contribution in [1.82, 2.24) is 10.2 Å². The summed E-state index contributed by atoms with van der Waals surface area (Å²) < 4.78 is 46.2. The van der Waals surface area contributed by atoms with Gasteiger partial charge in [-0.1, -0.05) is 12.1 Å². The number of guanidine groups is 1. The van der Waals surface area contributed by atoms with Crippen molar-refractivity contribution in [3.05, 3.63) is 42.0 Å². The number of aliphatic imine (C=N–C) groups is 1. The lowest BCUT2D eigenvalue weighted by molar-refractivity contribution is -0.138. The summed E-state index contributed by atoms with van der Waals surface area (Å²) in [5, 5.41) is 3.04. The van der Waals surface area contributed by atoms with E-state index in [1.54, 1.807) is 19.2 Å². The number of hydrogen-bond donors (Lipinski definition) is 1. The van der Waals surface area contributed by atoms with Crippen molar-refractivity contribution in [3.63, 3.8) is 0 Å². The van der Waals surface area contributed by atoms with Crippen LogP contribution in [0, 0.1) is 0 Å². The Labute approximate surface area is 188 Å². The van der Waals surface area contributed by atoms with Gasteiger partial charge < -0.3 is 19.9 Å². The van der Waals surface area contributed by atoms with E-state index < -0.39 is 11.7 Å². The Morgan fingerprint density at radius 2 is 2.03 bits per heavy atom. The van der Waals surface area contributed by atoms with Gasteiger partial charge in [0.05, 0.1) is 18.8 Å². The first-order valence-corrected chi connectivity index (χ1v) is 9.42. The number of rotatable bonds is 7. The normalized spacial score (nSPS) is 14.9. The average molecular weight is 526 g/mol. The van der Waals surface area contributed by atoms with Gasteiger partial charge in [-0.2, -0.15) is 13.2 Å². The fourth-order valence-electron chi connectivity index (χ4n) is 3.14. The van der Waals surface area contributed by atoms with Crippen LogP contribution in [0.4, 0.5) is 18.9 Å². The molecule has 0 saturated carbocycles. The second kappa shape index (κ2) is 12.3. The second-order valence-corrected chi connectivity index (χ2v) is 6.69. The Morgan fingerprint density at radius 1 is 1.34 bits per heavy atom. The van der Waals surface area contributed by atoms with Crippen molar-refractivity contribution in [2.45, 2.75) is 25.6 Å². The molecule has 0 amide bonds. The highest BCUT2D eigenvalue weighted by molar-refractivity contribution is 14.0. The number of nitrogens with zero attached hydrogens (tertiary/aromatic N) is 3. The van der Waals surface area contributed by atoms with Crippen LogP contribution in [0.25, 0.3) is 0 Å². The lowest BCUT2D eigenvalue weighted by atomic mass is 10.0. The van der Waals surface area contributed by atoms with E-state index in [4.69, 9.17) is 4.74 Å². The number of anilines is 1. The number of alkyl halides is 3.